The first-order valence-corrected chi connectivity index (χ1v) is 18.4. The second-order valence-electron chi connectivity index (χ2n) is 14.3. The van der Waals surface area contributed by atoms with Gasteiger partial charge < -0.3 is 14.2 Å². The predicted molar refractivity (Wildman–Crippen MR) is 212 cm³/mol. The summed E-state index contributed by atoms with van der Waals surface area (Å²) < 4.78 is 6.42. The molecule has 0 bridgehead atoms. The summed E-state index contributed by atoms with van der Waals surface area (Å²) >= 11 is 0. The Balaban J connectivity index is 1.09. The van der Waals surface area contributed by atoms with Crippen molar-refractivity contribution in [2.45, 2.75) is 30.8 Å². The molecule has 1 saturated heterocycles. The molecule has 10 rings (SSSR count). The molecule has 248 valence electrons. The second-order valence-corrected chi connectivity index (χ2v) is 14.3. The van der Waals surface area contributed by atoms with Crippen LogP contribution in [0.5, 0.6) is 0 Å². The SMILES string of the molecule is C1=CCC(C2=CC3C(C=C2)C2C=C(N(C4=CCC(c5ccccc5)C=C4)c4cccc5oc6ccccc6c45)C=CC2N3c2ccccc2)C=C1. The van der Waals surface area contributed by atoms with Crippen molar-refractivity contribution >= 4 is 33.3 Å². The van der Waals surface area contributed by atoms with Gasteiger partial charge in [-0.25, -0.2) is 0 Å². The summed E-state index contributed by atoms with van der Waals surface area (Å²) in [7, 11) is 0. The number of hydrogen-bond acceptors (Lipinski definition) is 3. The Morgan fingerprint density at radius 1 is 0.588 bits per heavy atom. The first-order chi connectivity index (χ1) is 25.3. The van der Waals surface area contributed by atoms with Gasteiger partial charge in [0.15, 0.2) is 0 Å². The van der Waals surface area contributed by atoms with E-state index in [1.807, 2.05) is 0 Å². The largest absolute Gasteiger partial charge is 0.456 e. The molecule has 3 heteroatoms. The lowest BCUT2D eigenvalue weighted by atomic mass is 9.78. The molecule has 5 aliphatic rings. The smallest absolute Gasteiger partial charge is 0.137 e. The van der Waals surface area contributed by atoms with Crippen LogP contribution in [0, 0.1) is 17.8 Å². The highest BCUT2D eigenvalue weighted by Crippen LogP contribution is 2.48. The van der Waals surface area contributed by atoms with Gasteiger partial charge in [0.05, 0.1) is 23.2 Å². The van der Waals surface area contributed by atoms with Gasteiger partial charge in [-0.2, -0.15) is 0 Å². The zero-order chi connectivity index (χ0) is 33.7. The minimum Gasteiger partial charge on any atom is -0.456 e. The number of nitrogens with zero attached hydrogens (tertiary/aromatic N) is 2. The van der Waals surface area contributed by atoms with E-state index in [2.05, 4.69) is 192 Å². The van der Waals surface area contributed by atoms with Crippen LogP contribution in [0.2, 0.25) is 0 Å². The van der Waals surface area contributed by atoms with E-state index in [-0.39, 0.29) is 12.1 Å². The fraction of sp³-hybridized carbons (Fsp3) is 0.167. The summed E-state index contributed by atoms with van der Waals surface area (Å²) in [5.41, 5.74) is 9.44. The first-order valence-electron chi connectivity index (χ1n) is 18.4. The maximum atomic E-state index is 6.42. The lowest BCUT2D eigenvalue weighted by molar-refractivity contribution is 0.518. The molecule has 2 heterocycles. The number of anilines is 2. The summed E-state index contributed by atoms with van der Waals surface area (Å²) in [5, 5.41) is 2.29. The molecule has 0 spiro atoms. The fourth-order valence-electron chi connectivity index (χ4n) is 9.07. The highest BCUT2D eigenvalue weighted by molar-refractivity contribution is 6.12. The lowest BCUT2D eigenvalue weighted by Crippen LogP contribution is -2.37. The number of fused-ring (bicyclic) bond motifs is 6. The van der Waals surface area contributed by atoms with Crippen LogP contribution in [0.1, 0.15) is 24.3 Å². The van der Waals surface area contributed by atoms with Gasteiger partial charge in [-0.05, 0) is 66.5 Å². The van der Waals surface area contributed by atoms with Gasteiger partial charge in [0.25, 0.3) is 0 Å². The minimum atomic E-state index is 0.249. The molecule has 0 N–H and O–H groups in total. The third-order valence-electron chi connectivity index (χ3n) is 11.5. The highest BCUT2D eigenvalue weighted by Gasteiger charge is 2.47. The van der Waals surface area contributed by atoms with Crippen molar-refractivity contribution in [3.63, 3.8) is 0 Å². The van der Waals surface area contributed by atoms with Gasteiger partial charge in [0, 0.05) is 46.1 Å². The van der Waals surface area contributed by atoms with E-state index in [1.54, 1.807) is 0 Å². The number of rotatable bonds is 6. The third-order valence-corrected chi connectivity index (χ3v) is 11.5. The predicted octanol–water partition coefficient (Wildman–Crippen LogP) is 11.6. The molecule has 6 atom stereocenters. The highest BCUT2D eigenvalue weighted by atomic mass is 16.3. The van der Waals surface area contributed by atoms with Gasteiger partial charge in [0.2, 0.25) is 0 Å². The van der Waals surface area contributed by atoms with Crippen molar-refractivity contribution in [2.75, 3.05) is 9.80 Å². The van der Waals surface area contributed by atoms with E-state index in [0.29, 0.717) is 23.7 Å². The van der Waals surface area contributed by atoms with Gasteiger partial charge >= 0.3 is 0 Å². The molecule has 51 heavy (non-hydrogen) atoms. The Kier molecular flexibility index (Phi) is 7.37. The van der Waals surface area contributed by atoms with E-state index in [4.69, 9.17) is 4.42 Å². The molecule has 1 fully saturated rings. The van der Waals surface area contributed by atoms with E-state index in [1.165, 1.54) is 28.2 Å². The molecule has 0 radical (unpaired) electrons. The molecule has 1 aliphatic heterocycles. The zero-order valence-corrected chi connectivity index (χ0v) is 28.5. The summed E-state index contributed by atoms with van der Waals surface area (Å²) in [6.45, 7) is 0. The van der Waals surface area contributed by atoms with Crippen molar-refractivity contribution in [1.82, 2.24) is 0 Å². The Morgan fingerprint density at radius 3 is 2.22 bits per heavy atom. The number of benzene rings is 4. The maximum absolute atomic E-state index is 6.42. The average Bonchev–Trinajstić information content (AvgIpc) is 3.75. The lowest BCUT2D eigenvalue weighted by Gasteiger charge is -2.35. The summed E-state index contributed by atoms with van der Waals surface area (Å²) in [6.07, 6.45) is 33.1. The monoisotopic (exact) mass is 660 g/mol. The normalized spacial score (nSPS) is 26.2. The van der Waals surface area contributed by atoms with Crippen LogP contribution < -0.4 is 9.80 Å². The molecule has 4 aliphatic carbocycles. The topological polar surface area (TPSA) is 19.6 Å². The number of allylic oxidation sites excluding steroid dienone is 10. The first kappa shape index (κ1) is 30.1. The third kappa shape index (κ3) is 5.19. The quantitative estimate of drug-likeness (QED) is 0.181. The molecule has 6 unspecified atom stereocenters. The molecular formula is C48H40N2O. The number of para-hydroxylation sites is 2. The van der Waals surface area contributed by atoms with E-state index < -0.39 is 0 Å². The van der Waals surface area contributed by atoms with Gasteiger partial charge in [-0.1, -0.05) is 140 Å². The minimum absolute atomic E-state index is 0.249. The number of furan rings is 1. The van der Waals surface area contributed by atoms with Gasteiger partial charge in [-0.15, -0.1) is 0 Å². The summed E-state index contributed by atoms with van der Waals surface area (Å²) in [6, 6.07) is 37.3. The molecular weight excluding hydrogens is 621 g/mol. The fourth-order valence-corrected chi connectivity index (χ4v) is 9.07. The molecule has 4 aromatic carbocycles. The number of hydrogen-bond donors (Lipinski definition) is 0. The van der Waals surface area contributed by atoms with Crippen LogP contribution in [0.3, 0.4) is 0 Å². The van der Waals surface area contributed by atoms with Crippen LogP contribution >= 0.6 is 0 Å². The molecule has 0 amide bonds. The molecule has 1 aromatic heterocycles. The maximum Gasteiger partial charge on any atom is 0.137 e. The Labute approximate surface area is 299 Å². The van der Waals surface area contributed by atoms with Crippen LogP contribution in [0.4, 0.5) is 11.4 Å². The van der Waals surface area contributed by atoms with E-state index >= 15 is 0 Å². The van der Waals surface area contributed by atoms with Crippen LogP contribution in [0.15, 0.2) is 204 Å². The average molecular weight is 661 g/mol. The Bertz CT molecular complexity index is 2370. The van der Waals surface area contributed by atoms with Crippen molar-refractivity contribution in [2.24, 2.45) is 17.8 Å². The molecule has 5 aromatic rings. The van der Waals surface area contributed by atoms with Gasteiger partial charge in [-0.3, -0.25) is 0 Å². The van der Waals surface area contributed by atoms with Crippen molar-refractivity contribution in [3.05, 3.63) is 205 Å². The molecule has 0 saturated carbocycles. The van der Waals surface area contributed by atoms with Gasteiger partial charge in [0.1, 0.15) is 11.2 Å². The van der Waals surface area contributed by atoms with Crippen molar-refractivity contribution in [3.8, 4) is 0 Å². The Hall–Kier alpha value is -5.80. The standard InChI is InChI=1S/C48H40N2O/c1-4-13-33(14-5-1)35-23-26-38(27-24-35)49(44-20-12-22-47-48(44)41-19-10-11-21-46(41)51-47)39-28-30-43-42(32-39)40-29-25-36(34-15-6-2-7-16-34)31-45(40)50(43)37-17-8-3-9-18-37/h1-15,17-23,25-32,34-35,40,42-43,45H,16,24H2. The molecule has 3 nitrogen and oxygen atoms in total. The zero-order valence-electron chi connectivity index (χ0n) is 28.5. The van der Waals surface area contributed by atoms with Crippen molar-refractivity contribution in [1.29, 1.82) is 0 Å². The van der Waals surface area contributed by atoms with Crippen molar-refractivity contribution < 1.29 is 4.42 Å². The summed E-state index contributed by atoms with van der Waals surface area (Å²) in [4.78, 5) is 5.16. The van der Waals surface area contributed by atoms with Crippen LogP contribution in [-0.4, -0.2) is 12.1 Å². The van der Waals surface area contributed by atoms with Crippen LogP contribution in [0.25, 0.3) is 21.9 Å². The van der Waals surface area contributed by atoms with E-state index in [9.17, 15) is 0 Å². The van der Waals surface area contributed by atoms with E-state index in [0.717, 1.165) is 40.5 Å². The second kappa shape index (κ2) is 12.5. The summed E-state index contributed by atoms with van der Waals surface area (Å²) in [5.74, 6) is 1.45. The Morgan fingerprint density at radius 2 is 1.39 bits per heavy atom. The van der Waals surface area contributed by atoms with Crippen LogP contribution in [-0.2, 0) is 0 Å².